The summed E-state index contributed by atoms with van der Waals surface area (Å²) in [6.07, 6.45) is -0.0736. The number of ether oxygens (including phenoxy) is 1. The Morgan fingerprint density at radius 3 is 2.22 bits per heavy atom. The Balaban J connectivity index is 2.30. The van der Waals surface area contributed by atoms with Gasteiger partial charge in [-0.15, -0.1) is 0 Å². The van der Waals surface area contributed by atoms with Gasteiger partial charge in [-0.1, -0.05) is 24.3 Å². The van der Waals surface area contributed by atoms with Crippen LogP contribution in [0.2, 0.25) is 0 Å². The molecule has 1 N–H and O–H groups in total. The van der Waals surface area contributed by atoms with Crippen LogP contribution < -0.4 is 9.46 Å². The van der Waals surface area contributed by atoms with E-state index in [1.807, 2.05) is 13.8 Å². The molecular weight excluding hydrogens is 314 g/mol. The number of nitrogens with one attached hydrogen (secondary N) is 1. The van der Waals surface area contributed by atoms with Gasteiger partial charge in [-0.3, -0.25) is 9.52 Å². The minimum absolute atomic E-state index is 0.0736. The van der Waals surface area contributed by atoms with Gasteiger partial charge in [-0.25, -0.2) is 8.42 Å². The summed E-state index contributed by atoms with van der Waals surface area (Å²) in [5, 5.41) is 0. The van der Waals surface area contributed by atoms with E-state index in [1.165, 1.54) is 31.2 Å². The van der Waals surface area contributed by atoms with E-state index >= 15 is 0 Å². The summed E-state index contributed by atoms with van der Waals surface area (Å²) in [6.45, 7) is 5.17. The van der Waals surface area contributed by atoms with E-state index in [2.05, 4.69) is 4.72 Å². The minimum Gasteiger partial charge on any atom is -0.489 e. The zero-order valence-electron chi connectivity index (χ0n) is 13.2. The lowest BCUT2D eigenvalue weighted by Gasteiger charge is -2.15. The van der Waals surface area contributed by atoms with Gasteiger partial charge in [0, 0.05) is 5.56 Å². The quantitative estimate of drug-likeness (QED) is 0.822. The zero-order valence-corrected chi connectivity index (χ0v) is 14.1. The Morgan fingerprint density at radius 2 is 1.65 bits per heavy atom. The average molecular weight is 333 g/mol. The summed E-state index contributed by atoms with van der Waals surface area (Å²) < 4.78 is 33.1. The van der Waals surface area contributed by atoms with Gasteiger partial charge in [-0.05, 0) is 45.0 Å². The molecule has 0 bridgehead atoms. The third-order valence-electron chi connectivity index (χ3n) is 3.07. The Morgan fingerprint density at radius 1 is 1.04 bits per heavy atom. The molecule has 122 valence electrons. The molecule has 0 heterocycles. The molecule has 0 aliphatic carbocycles. The SMILES string of the molecule is CC(=O)c1ccc(S(=O)(=O)Nc2ccccc2OC(C)C)cc1. The Labute approximate surface area is 136 Å². The molecule has 0 spiro atoms. The largest absolute Gasteiger partial charge is 0.489 e. The minimum atomic E-state index is -3.76. The molecule has 0 unspecified atom stereocenters. The Bertz CT molecular complexity index is 796. The van der Waals surface area contributed by atoms with Gasteiger partial charge in [-0.2, -0.15) is 0 Å². The number of carbonyl (C=O) groups excluding carboxylic acids is 1. The van der Waals surface area contributed by atoms with E-state index in [0.29, 0.717) is 17.0 Å². The van der Waals surface area contributed by atoms with Gasteiger partial charge >= 0.3 is 0 Å². The predicted octanol–water partition coefficient (Wildman–Crippen LogP) is 3.48. The summed E-state index contributed by atoms with van der Waals surface area (Å²) in [5.74, 6) is 0.351. The normalized spacial score (nSPS) is 11.3. The molecule has 23 heavy (non-hydrogen) atoms. The number of hydrogen-bond acceptors (Lipinski definition) is 4. The number of ketones is 1. The summed E-state index contributed by atoms with van der Waals surface area (Å²) in [6, 6.07) is 12.6. The third kappa shape index (κ3) is 4.32. The van der Waals surface area contributed by atoms with Gasteiger partial charge in [0.05, 0.1) is 16.7 Å². The maximum Gasteiger partial charge on any atom is 0.262 e. The van der Waals surface area contributed by atoms with Gasteiger partial charge in [0.25, 0.3) is 10.0 Å². The van der Waals surface area contributed by atoms with Crippen LogP contribution in [-0.2, 0) is 10.0 Å². The monoisotopic (exact) mass is 333 g/mol. The number of hydrogen-bond donors (Lipinski definition) is 1. The van der Waals surface area contributed by atoms with E-state index in [-0.39, 0.29) is 16.8 Å². The molecule has 5 nitrogen and oxygen atoms in total. The van der Waals surface area contributed by atoms with E-state index in [0.717, 1.165) is 0 Å². The number of sulfonamides is 1. The molecule has 0 atom stereocenters. The Kier molecular flexibility index (Phi) is 5.05. The number of para-hydroxylation sites is 2. The van der Waals surface area contributed by atoms with Crippen molar-refractivity contribution in [1.29, 1.82) is 0 Å². The van der Waals surface area contributed by atoms with Crippen molar-refractivity contribution in [2.24, 2.45) is 0 Å². The van der Waals surface area contributed by atoms with Crippen LogP contribution in [0.1, 0.15) is 31.1 Å². The predicted molar refractivity (Wildman–Crippen MR) is 89.5 cm³/mol. The fraction of sp³-hybridized carbons (Fsp3) is 0.235. The summed E-state index contributed by atoms with van der Waals surface area (Å²) in [7, 11) is -3.76. The maximum atomic E-state index is 12.5. The van der Waals surface area contributed by atoms with Crippen LogP contribution in [0.4, 0.5) is 5.69 Å². The highest BCUT2D eigenvalue weighted by Gasteiger charge is 2.17. The van der Waals surface area contributed by atoms with Crippen molar-refractivity contribution in [3.63, 3.8) is 0 Å². The van der Waals surface area contributed by atoms with Crippen LogP contribution in [0.15, 0.2) is 53.4 Å². The summed E-state index contributed by atoms with van der Waals surface area (Å²) in [5.41, 5.74) is 0.837. The van der Waals surface area contributed by atoms with Crippen LogP contribution in [-0.4, -0.2) is 20.3 Å². The summed E-state index contributed by atoms with van der Waals surface area (Å²) in [4.78, 5) is 11.3. The lowest BCUT2D eigenvalue weighted by atomic mass is 10.2. The van der Waals surface area contributed by atoms with Crippen molar-refractivity contribution in [2.75, 3.05) is 4.72 Å². The van der Waals surface area contributed by atoms with Gasteiger partial charge in [0.15, 0.2) is 5.78 Å². The van der Waals surface area contributed by atoms with E-state index in [9.17, 15) is 13.2 Å². The number of anilines is 1. The second kappa shape index (κ2) is 6.83. The molecule has 2 aromatic carbocycles. The standard InChI is InChI=1S/C17H19NO4S/c1-12(2)22-17-7-5-4-6-16(17)18-23(20,21)15-10-8-14(9-11-15)13(3)19/h4-12,18H,1-3H3. The van der Waals surface area contributed by atoms with Gasteiger partial charge in [0.2, 0.25) is 0 Å². The smallest absolute Gasteiger partial charge is 0.262 e. The summed E-state index contributed by atoms with van der Waals surface area (Å²) >= 11 is 0. The molecule has 2 aromatic rings. The molecule has 0 aliphatic rings. The Hall–Kier alpha value is -2.34. The highest BCUT2D eigenvalue weighted by Crippen LogP contribution is 2.27. The lowest BCUT2D eigenvalue weighted by molar-refractivity contribution is 0.101. The molecule has 0 radical (unpaired) electrons. The number of rotatable bonds is 6. The fourth-order valence-corrected chi connectivity index (χ4v) is 3.05. The zero-order chi connectivity index (χ0) is 17.0. The molecular formula is C17H19NO4S. The van der Waals surface area contributed by atoms with Crippen molar-refractivity contribution in [1.82, 2.24) is 0 Å². The van der Waals surface area contributed by atoms with Gasteiger partial charge in [0.1, 0.15) is 5.75 Å². The van der Waals surface area contributed by atoms with Crippen molar-refractivity contribution < 1.29 is 17.9 Å². The second-order valence-electron chi connectivity index (χ2n) is 5.35. The van der Waals surface area contributed by atoms with Crippen molar-refractivity contribution in [2.45, 2.75) is 31.8 Å². The maximum absolute atomic E-state index is 12.5. The number of carbonyl (C=O) groups is 1. The number of benzene rings is 2. The second-order valence-corrected chi connectivity index (χ2v) is 7.03. The highest BCUT2D eigenvalue weighted by molar-refractivity contribution is 7.92. The molecule has 0 fully saturated rings. The topological polar surface area (TPSA) is 72.5 Å². The number of Topliss-reactive ketones (excluding diaryl/α,β-unsaturated/α-hetero) is 1. The molecule has 0 aliphatic heterocycles. The van der Waals surface area contributed by atoms with E-state index in [4.69, 9.17) is 4.74 Å². The first kappa shape index (κ1) is 17.0. The first-order valence-electron chi connectivity index (χ1n) is 7.19. The van der Waals surface area contributed by atoms with Crippen LogP contribution >= 0.6 is 0 Å². The molecule has 0 saturated heterocycles. The highest BCUT2D eigenvalue weighted by atomic mass is 32.2. The van der Waals surface area contributed by atoms with Crippen molar-refractivity contribution >= 4 is 21.5 Å². The van der Waals surface area contributed by atoms with Crippen LogP contribution in [0.25, 0.3) is 0 Å². The van der Waals surface area contributed by atoms with Crippen molar-refractivity contribution in [3.8, 4) is 5.75 Å². The molecule has 6 heteroatoms. The molecule has 0 amide bonds. The lowest BCUT2D eigenvalue weighted by Crippen LogP contribution is -2.15. The third-order valence-corrected chi connectivity index (χ3v) is 4.45. The van der Waals surface area contributed by atoms with Crippen molar-refractivity contribution in [3.05, 3.63) is 54.1 Å². The first-order chi connectivity index (χ1) is 10.8. The van der Waals surface area contributed by atoms with E-state index in [1.54, 1.807) is 24.3 Å². The van der Waals surface area contributed by atoms with Gasteiger partial charge < -0.3 is 4.74 Å². The first-order valence-corrected chi connectivity index (χ1v) is 8.67. The van der Waals surface area contributed by atoms with E-state index < -0.39 is 10.0 Å². The van der Waals surface area contributed by atoms with Crippen LogP contribution in [0, 0.1) is 0 Å². The molecule has 0 saturated carbocycles. The molecule has 0 aromatic heterocycles. The average Bonchev–Trinajstić information content (AvgIpc) is 2.48. The van der Waals surface area contributed by atoms with Crippen LogP contribution in [0.5, 0.6) is 5.75 Å². The molecule has 2 rings (SSSR count). The fourth-order valence-electron chi connectivity index (χ4n) is 1.98. The van der Waals surface area contributed by atoms with Crippen LogP contribution in [0.3, 0.4) is 0 Å².